The molecule has 176 valence electrons. The minimum Gasteiger partial charge on any atom is -0.478 e. The van der Waals surface area contributed by atoms with E-state index < -0.39 is 11.9 Å². The maximum atomic E-state index is 12.4. The molecule has 1 aliphatic carbocycles. The van der Waals surface area contributed by atoms with Crippen LogP contribution in [0, 0.1) is 0 Å². The third-order valence-electron chi connectivity index (χ3n) is 6.00. The Bertz CT molecular complexity index is 1080. The van der Waals surface area contributed by atoms with Gasteiger partial charge in [-0.3, -0.25) is 4.90 Å². The molecule has 9 nitrogen and oxygen atoms in total. The molecule has 0 fully saturated rings. The number of urea groups is 1. The first-order chi connectivity index (χ1) is 15.7. The van der Waals surface area contributed by atoms with Gasteiger partial charge in [0, 0.05) is 54.9 Å². The summed E-state index contributed by atoms with van der Waals surface area (Å²) in [4.78, 5) is 39.2. The van der Waals surface area contributed by atoms with Crippen LogP contribution in [-0.2, 0) is 16.0 Å². The highest BCUT2D eigenvalue weighted by Gasteiger charge is 2.34. The number of carbonyl (C=O) groups excluding carboxylic acids is 1. The molecule has 2 unspecified atom stereocenters. The van der Waals surface area contributed by atoms with E-state index in [4.69, 9.17) is 10.2 Å². The molecule has 0 saturated heterocycles. The van der Waals surface area contributed by atoms with Crippen LogP contribution in [0.3, 0.4) is 0 Å². The Morgan fingerprint density at radius 3 is 2.45 bits per heavy atom. The second-order valence-electron chi connectivity index (χ2n) is 8.06. The first-order valence-corrected chi connectivity index (χ1v) is 11.0. The number of aromatic nitrogens is 1. The number of hydrogen-bond acceptors (Lipinski definition) is 4. The largest absolute Gasteiger partial charge is 0.478 e. The Balaban J connectivity index is 0.000000331. The fourth-order valence-electron chi connectivity index (χ4n) is 4.45. The quantitative estimate of drug-likeness (QED) is 0.515. The molecule has 1 aromatic heterocycles. The predicted octanol–water partition coefficient (Wildman–Crippen LogP) is 2.55. The van der Waals surface area contributed by atoms with Gasteiger partial charge in [-0.05, 0) is 50.1 Å². The maximum Gasteiger partial charge on any atom is 0.328 e. The molecular weight excluding hydrogens is 424 g/mol. The van der Waals surface area contributed by atoms with Crippen LogP contribution in [0.5, 0.6) is 0 Å². The monoisotopic (exact) mass is 454 g/mol. The smallest absolute Gasteiger partial charge is 0.328 e. The highest BCUT2D eigenvalue weighted by atomic mass is 16.4. The highest BCUT2D eigenvalue weighted by molar-refractivity contribution is 5.98. The summed E-state index contributed by atoms with van der Waals surface area (Å²) in [5, 5.41) is 20.2. The summed E-state index contributed by atoms with van der Waals surface area (Å²) in [5.41, 5.74) is 5.24. The van der Waals surface area contributed by atoms with Crippen molar-refractivity contribution in [2.75, 3.05) is 26.7 Å². The van der Waals surface area contributed by atoms with E-state index in [1.807, 2.05) is 18.7 Å². The third kappa shape index (κ3) is 5.43. The van der Waals surface area contributed by atoms with Crippen LogP contribution in [0.15, 0.2) is 42.6 Å². The Kier molecular flexibility index (Phi) is 7.55. The van der Waals surface area contributed by atoms with Crippen LogP contribution in [0.2, 0.25) is 0 Å². The zero-order chi connectivity index (χ0) is 24.1. The lowest BCUT2D eigenvalue weighted by Gasteiger charge is -2.40. The number of likely N-dealkylation sites (N-methyl/N-ethyl adjacent to an activating group) is 1. The number of carboxylic acid groups (broad SMARTS) is 2. The van der Waals surface area contributed by atoms with Crippen molar-refractivity contribution < 1.29 is 24.6 Å². The molecule has 9 heteroatoms. The van der Waals surface area contributed by atoms with Gasteiger partial charge in [0.25, 0.3) is 0 Å². The van der Waals surface area contributed by atoms with Gasteiger partial charge in [0.15, 0.2) is 0 Å². The van der Waals surface area contributed by atoms with E-state index in [0.717, 1.165) is 26.1 Å². The van der Waals surface area contributed by atoms with E-state index in [9.17, 15) is 14.4 Å². The molecule has 4 rings (SSSR count). The molecule has 0 bridgehead atoms. The van der Waals surface area contributed by atoms with Gasteiger partial charge in [-0.2, -0.15) is 0 Å². The average Bonchev–Trinajstić information content (AvgIpc) is 3.19. The second-order valence-corrected chi connectivity index (χ2v) is 8.06. The van der Waals surface area contributed by atoms with Crippen molar-refractivity contribution in [1.82, 2.24) is 20.1 Å². The molecule has 1 aliphatic heterocycles. The summed E-state index contributed by atoms with van der Waals surface area (Å²) in [7, 11) is 2.16. The van der Waals surface area contributed by atoms with E-state index in [1.54, 1.807) is 0 Å². The zero-order valence-corrected chi connectivity index (χ0v) is 19.0. The number of amides is 2. The normalized spacial score (nSPS) is 19.3. The number of rotatable bonds is 5. The molecule has 4 N–H and O–H groups in total. The molecule has 2 atom stereocenters. The molecule has 1 aromatic carbocycles. The Morgan fingerprint density at radius 2 is 1.85 bits per heavy atom. The molecule has 0 saturated carbocycles. The maximum absolute atomic E-state index is 12.4. The standard InChI is InChI=1S/C20H26N4O.C4H4O4/c1-4-24(5-2)20(25)22-14-10-16-15-7-6-8-17-19(15)13(11-21-17)9-18(16)23(3)12-14;5-3(6)1-2-4(7)8/h6-8,10-11,14,18,21H,4-5,9,12H2,1-3H3,(H,22,25);1-2H,(H,5,6)(H,7,8)/b;2-1+. The lowest BCUT2D eigenvalue weighted by molar-refractivity contribution is -0.134. The molecule has 2 amide bonds. The van der Waals surface area contributed by atoms with Crippen molar-refractivity contribution in [3.8, 4) is 0 Å². The Morgan fingerprint density at radius 1 is 1.18 bits per heavy atom. The number of aromatic amines is 1. The lowest BCUT2D eigenvalue weighted by Crippen LogP contribution is -2.52. The van der Waals surface area contributed by atoms with Crippen molar-refractivity contribution >= 4 is 34.4 Å². The summed E-state index contributed by atoms with van der Waals surface area (Å²) in [6.07, 6.45) is 6.56. The SMILES string of the molecule is CCN(CC)C(=O)NC1C=C2c3cccc4[nH]cc(c34)CC2N(C)C1.O=C(O)/C=C/C(=O)O. The predicted molar refractivity (Wildman–Crippen MR) is 126 cm³/mol. The van der Waals surface area contributed by atoms with Crippen LogP contribution in [0.4, 0.5) is 4.79 Å². The van der Waals surface area contributed by atoms with Crippen molar-refractivity contribution in [1.29, 1.82) is 0 Å². The Labute approximate surface area is 192 Å². The molecule has 0 spiro atoms. The third-order valence-corrected chi connectivity index (χ3v) is 6.00. The van der Waals surface area contributed by atoms with Crippen LogP contribution >= 0.6 is 0 Å². The number of nitrogens with one attached hydrogen (secondary N) is 2. The summed E-state index contributed by atoms with van der Waals surface area (Å²) >= 11 is 0. The molecule has 0 radical (unpaired) electrons. The minimum absolute atomic E-state index is 0.0232. The van der Waals surface area contributed by atoms with Gasteiger partial charge < -0.3 is 25.4 Å². The molecular formula is C24H30N4O5. The minimum atomic E-state index is -1.26. The van der Waals surface area contributed by atoms with E-state index in [-0.39, 0.29) is 12.1 Å². The van der Waals surface area contributed by atoms with Crippen molar-refractivity contribution in [3.05, 3.63) is 53.8 Å². The number of carboxylic acids is 2. The van der Waals surface area contributed by atoms with E-state index in [1.165, 1.54) is 27.6 Å². The number of benzene rings is 1. The first kappa shape index (κ1) is 24.1. The molecule has 2 aromatic rings. The zero-order valence-electron chi connectivity index (χ0n) is 19.0. The fourth-order valence-corrected chi connectivity index (χ4v) is 4.45. The van der Waals surface area contributed by atoms with Crippen LogP contribution < -0.4 is 5.32 Å². The lowest BCUT2D eigenvalue weighted by atomic mass is 9.81. The number of aliphatic carboxylic acids is 2. The molecule has 33 heavy (non-hydrogen) atoms. The molecule has 2 heterocycles. The first-order valence-electron chi connectivity index (χ1n) is 11.0. The van der Waals surface area contributed by atoms with Gasteiger partial charge in [0.05, 0.1) is 6.04 Å². The van der Waals surface area contributed by atoms with Crippen LogP contribution in [0.25, 0.3) is 16.5 Å². The van der Waals surface area contributed by atoms with Gasteiger partial charge in [-0.25, -0.2) is 14.4 Å². The number of hydrogen-bond donors (Lipinski definition) is 4. The van der Waals surface area contributed by atoms with Crippen LogP contribution in [-0.4, -0.2) is 81.7 Å². The number of nitrogens with zero attached hydrogens (tertiary/aromatic N) is 2. The topological polar surface area (TPSA) is 126 Å². The van der Waals surface area contributed by atoms with Crippen molar-refractivity contribution in [2.45, 2.75) is 32.4 Å². The summed E-state index contributed by atoms with van der Waals surface area (Å²) in [5.74, 6) is -2.51. The second kappa shape index (κ2) is 10.4. The van der Waals surface area contributed by atoms with Crippen molar-refractivity contribution in [2.24, 2.45) is 0 Å². The summed E-state index contributed by atoms with van der Waals surface area (Å²) < 4.78 is 0. The summed E-state index contributed by atoms with van der Waals surface area (Å²) in [6, 6.07) is 6.90. The fraction of sp³-hybridized carbons (Fsp3) is 0.375. The van der Waals surface area contributed by atoms with Gasteiger partial charge >= 0.3 is 18.0 Å². The highest BCUT2D eigenvalue weighted by Crippen LogP contribution is 2.39. The van der Waals surface area contributed by atoms with Gasteiger partial charge in [-0.1, -0.05) is 18.2 Å². The average molecular weight is 455 g/mol. The van der Waals surface area contributed by atoms with Crippen molar-refractivity contribution in [3.63, 3.8) is 0 Å². The van der Waals surface area contributed by atoms with E-state index in [0.29, 0.717) is 18.2 Å². The van der Waals surface area contributed by atoms with E-state index in [2.05, 4.69) is 52.7 Å². The number of fused-ring (bicyclic) bond motifs is 2. The van der Waals surface area contributed by atoms with Gasteiger partial charge in [0.2, 0.25) is 0 Å². The summed E-state index contributed by atoms with van der Waals surface area (Å²) in [6.45, 7) is 6.34. The Hall–Kier alpha value is -3.59. The van der Waals surface area contributed by atoms with E-state index >= 15 is 0 Å². The number of carbonyl (C=O) groups is 3. The van der Waals surface area contributed by atoms with Crippen LogP contribution in [0.1, 0.15) is 25.0 Å². The number of H-pyrrole nitrogens is 1. The van der Waals surface area contributed by atoms with Gasteiger partial charge in [0.1, 0.15) is 0 Å². The molecule has 2 aliphatic rings. The van der Waals surface area contributed by atoms with Gasteiger partial charge in [-0.15, -0.1) is 0 Å².